The molecule has 47 heavy (non-hydrogen) atoms. The molecule has 2 saturated carbocycles. The van der Waals surface area contributed by atoms with Crippen LogP contribution >= 0.6 is 11.6 Å². The molecule has 8 rings (SSSR count). The molecular weight excluding hydrogens is 636 g/mol. The molecule has 2 amide bonds. The Bertz CT molecular complexity index is 1840. The molecule has 2 aromatic carbocycles. The zero-order valence-corrected chi connectivity index (χ0v) is 29.0. The van der Waals surface area contributed by atoms with Crippen molar-refractivity contribution in [2.24, 2.45) is 27.0 Å². The summed E-state index contributed by atoms with van der Waals surface area (Å²) < 4.78 is 32.6. The molecule has 8 atom stereocenters. The fourth-order valence-corrected chi connectivity index (χ4v) is 11.9. The van der Waals surface area contributed by atoms with E-state index in [4.69, 9.17) is 21.1 Å². The lowest BCUT2D eigenvalue weighted by Gasteiger charge is -2.45. The van der Waals surface area contributed by atoms with Gasteiger partial charge >= 0.3 is 0 Å². The Balaban J connectivity index is 1.25. The fraction of sp³-hybridized carbons (Fsp3) is 0.556. The highest BCUT2D eigenvalue weighted by Gasteiger charge is 2.89. The molecule has 0 radical (unpaired) electrons. The number of fused-ring (bicyclic) bond motifs is 5. The molecule has 1 N–H and O–H groups in total. The van der Waals surface area contributed by atoms with Gasteiger partial charge in [-0.3, -0.25) is 9.59 Å². The number of hydrazine groups is 1. The maximum absolute atomic E-state index is 14.4. The summed E-state index contributed by atoms with van der Waals surface area (Å²) in [6, 6.07) is 11.7. The van der Waals surface area contributed by atoms with E-state index in [0.29, 0.717) is 24.5 Å². The van der Waals surface area contributed by atoms with Gasteiger partial charge in [0.2, 0.25) is 5.91 Å². The summed E-state index contributed by atoms with van der Waals surface area (Å²) >= 11 is 6.46. The van der Waals surface area contributed by atoms with E-state index in [9.17, 15) is 13.8 Å². The third-order valence-electron chi connectivity index (χ3n) is 12.2. The lowest BCUT2D eigenvalue weighted by atomic mass is 9.70. The van der Waals surface area contributed by atoms with Gasteiger partial charge in [0.15, 0.2) is 9.92 Å². The average Bonchev–Trinajstić information content (AvgIpc) is 3.84. The predicted molar refractivity (Wildman–Crippen MR) is 182 cm³/mol. The van der Waals surface area contributed by atoms with Gasteiger partial charge in [0, 0.05) is 54.0 Å². The van der Waals surface area contributed by atoms with Crippen LogP contribution in [0, 0.1) is 22.7 Å². The van der Waals surface area contributed by atoms with Crippen molar-refractivity contribution in [3.05, 3.63) is 70.3 Å². The Morgan fingerprint density at radius 2 is 2.06 bits per heavy atom. The standard InChI is InChI=1S/C36H43ClN4O5S/c1-5-30(42)41-38-33-22(2)8-6-10-29(45-4)31-34(3)18-36(31,34)20-40-19-35(15-7-9-23-16-25(37)12-13-26(23)35)21-46-28-14-11-24(17-27(28)40)32(43)39-47(33,41)44/h6,10-14,16-17,22,29,31,33,38H,5,7-9,15,18-21H2,1-4H3/b10-6+/t22-,29-,31+,33-,34-,35-,36-,47-/m0/s1. The van der Waals surface area contributed by atoms with E-state index in [1.807, 2.05) is 25.1 Å². The zero-order valence-electron chi connectivity index (χ0n) is 27.5. The minimum absolute atomic E-state index is 0.0439. The maximum atomic E-state index is 14.4. The summed E-state index contributed by atoms with van der Waals surface area (Å²) in [6.45, 7) is 8.13. The second-order valence-corrected chi connectivity index (χ2v) is 17.4. The van der Waals surface area contributed by atoms with Crippen molar-refractivity contribution in [3.63, 3.8) is 0 Å². The van der Waals surface area contributed by atoms with Crippen LogP contribution in [0.3, 0.4) is 0 Å². The largest absolute Gasteiger partial charge is 0.490 e. The number of aryl methyl sites for hydroxylation is 1. The highest BCUT2D eigenvalue weighted by atomic mass is 35.5. The molecule has 0 aromatic heterocycles. The molecule has 0 unspecified atom stereocenters. The minimum atomic E-state index is -3.37. The summed E-state index contributed by atoms with van der Waals surface area (Å²) in [4.78, 5) is 29.1. The number of hydrogen-bond acceptors (Lipinski definition) is 7. The normalized spacial score (nSPS) is 39.1. The summed E-state index contributed by atoms with van der Waals surface area (Å²) in [7, 11) is -1.58. The van der Waals surface area contributed by atoms with Gasteiger partial charge in [-0.2, -0.15) is 9.84 Å². The molecule has 2 bridgehead atoms. The molecule has 9 nitrogen and oxygen atoms in total. The number of amides is 2. The molecule has 6 aliphatic rings. The maximum Gasteiger partial charge on any atom is 0.286 e. The van der Waals surface area contributed by atoms with Crippen molar-refractivity contribution in [2.45, 2.75) is 76.2 Å². The van der Waals surface area contributed by atoms with Crippen LogP contribution in [0.4, 0.5) is 5.69 Å². The number of nitrogens with one attached hydrogen (secondary N) is 1. The Labute approximate surface area is 282 Å². The molecule has 250 valence electrons. The van der Waals surface area contributed by atoms with Crippen LogP contribution in [0.1, 0.15) is 74.4 Å². The van der Waals surface area contributed by atoms with Crippen LogP contribution in [0.25, 0.3) is 0 Å². The molecule has 3 aliphatic carbocycles. The predicted octanol–water partition coefficient (Wildman–Crippen LogP) is 6.06. The van der Waals surface area contributed by atoms with E-state index in [0.717, 1.165) is 59.6 Å². The van der Waals surface area contributed by atoms with Crippen molar-refractivity contribution >= 4 is 39.0 Å². The first-order valence-electron chi connectivity index (χ1n) is 16.9. The van der Waals surface area contributed by atoms with E-state index in [1.165, 1.54) is 11.1 Å². The first-order chi connectivity index (χ1) is 22.5. The number of ether oxygens (including phenoxy) is 2. The van der Waals surface area contributed by atoms with Crippen LogP contribution in [-0.4, -0.2) is 58.7 Å². The van der Waals surface area contributed by atoms with Crippen molar-refractivity contribution < 1.29 is 23.3 Å². The SMILES string of the molecule is CCC(=O)N1N[C@@H]2[C@@H](C)C/C=C/[C@H](OC)[C@H]3[C@@]4(CN5C[C@@]6(CCCc7cc(Cl)ccc76)COc6ccc(cc65)C(=O)N=[S@@]21=O)C[C@@]34C. The average molecular weight is 679 g/mol. The lowest BCUT2D eigenvalue weighted by molar-refractivity contribution is -0.129. The van der Waals surface area contributed by atoms with Gasteiger partial charge in [0.1, 0.15) is 11.1 Å². The van der Waals surface area contributed by atoms with Gasteiger partial charge in [0.05, 0.1) is 18.4 Å². The molecule has 3 heterocycles. The number of benzene rings is 2. The lowest BCUT2D eigenvalue weighted by Crippen LogP contribution is -2.69. The number of hydrogen-bond donors (Lipinski definition) is 1. The fourth-order valence-electron chi connectivity index (χ4n) is 9.42. The summed E-state index contributed by atoms with van der Waals surface area (Å²) in [6.07, 6.45) is 9.12. The molecule has 3 fully saturated rings. The highest BCUT2D eigenvalue weighted by molar-refractivity contribution is 7.93. The number of carbonyl (C=O) groups excluding carboxylic acids is 2. The molecule has 2 aromatic rings. The van der Waals surface area contributed by atoms with E-state index < -0.39 is 21.2 Å². The number of anilines is 1. The Morgan fingerprint density at radius 3 is 2.83 bits per heavy atom. The molecule has 11 heteroatoms. The monoisotopic (exact) mass is 678 g/mol. The van der Waals surface area contributed by atoms with Crippen LogP contribution in [-0.2, 0) is 31.3 Å². The second kappa shape index (κ2) is 10.8. The van der Waals surface area contributed by atoms with Gasteiger partial charge in [0.25, 0.3) is 5.91 Å². The number of halogens is 1. The van der Waals surface area contributed by atoms with Crippen LogP contribution in [0.15, 0.2) is 52.9 Å². The third-order valence-corrected chi connectivity index (χ3v) is 14.9. The smallest absolute Gasteiger partial charge is 0.286 e. The first kappa shape index (κ1) is 31.4. The van der Waals surface area contributed by atoms with Crippen LogP contribution in [0.5, 0.6) is 5.75 Å². The van der Waals surface area contributed by atoms with Crippen LogP contribution in [0.2, 0.25) is 5.02 Å². The van der Waals surface area contributed by atoms with E-state index >= 15 is 0 Å². The number of rotatable bonds is 2. The minimum Gasteiger partial charge on any atom is -0.490 e. The number of nitrogens with zero attached hydrogens (tertiary/aromatic N) is 3. The highest BCUT2D eigenvalue weighted by Crippen LogP contribution is 2.91. The summed E-state index contributed by atoms with van der Waals surface area (Å²) in [5.74, 6) is 0.00219. The molecular formula is C36H43ClN4O5S. The summed E-state index contributed by atoms with van der Waals surface area (Å²) in [5.41, 5.74) is 6.83. The number of allylic oxidation sites excluding steroid dienone is 1. The number of methoxy groups -OCH3 is 1. The van der Waals surface area contributed by atoms with E-state index in [1.54, 1.807) is 20.1 Å². The Kier molecular flexibility index (Phi) is 7.20. The van der Waals surface area contributed by atoms with Gasteiger partial charge < -0.3 is 14.4 Å². The summed E-state index contributed by atoms with van der Waals surface area (Å²) in [5, 5.41) is 0.109. The third kappa shape index (κ3) is 4.57. The van der Waals surface area contributed by atoms with Crippen molar-refractivity contribution in [3.8, 4) is 5.75 Å². The molecule has 3 aliphatic heterocycles. The Morgan fingerprint density at radius 1 is 1.23 bits per heavy atom. The van der Waals surface area contributed by atoms with Gasteiger partial charge in [-0.05, 0) is 84.9 Å². The number of carbonyl (C=O) groups is 2. The molecule has 1 saturated heterocycles. The van der Waals surface area contributed by atoms with Crippen molar-refractivity contribution in [1.82, 2.24) is 9.84 Å². The van der Waals surface area contributed by atoms with Crippen LogP contribution < -0.4 is 15.1 Å². The topological polar surface area (TPSA) is 101 Å². The van der Waals surface area contributed by atoms with E-state index in [2.05, 4.69) is 45.9 Å². The van der Waals surface area contributed by atoms with Gasteiger partial charge in [-0.25, -0.2) is 4.21 Å². The van der Waals surface area contributed by atoms with Gasteiger partial charge in [-0.1, -0.05) is 50.6 Å². The first-order valence-corrected chi connectivity index (χ1v) is 18.8. The Hall–Kier alpha value is -2.92. The van der Waals surface area contributed by atoms with Gasteiger partial charge in [-0.15, -0.1) is 4.36 Å². The van der Waals surface area contributed by atoms with Crippen molar-refractivity contribution in [2.75, 3.05) is 31.7 Å². The molecule has 2 spiro atoms. The van der Waals surface area contributed by atoms with Crippen molar-refractivity contribution in [1.29, 1.82) is 0 Å². The van der Waals surface area contributed by atoms with E-state index in [-0.39, 0.29) is 40.6 Å². The zero-order chi connectivity index (χ0) is 32.9. The quantitative estimate of drug-likeness (QED) is 0.386. The second-order valence-electron chi connectivity index (χ2n) is 14.9.